The molecule has 6 heteroatoms. The van der Waals surface area contributed by atoms with Gasteiger partial charge in [-0.15, -0.1) is 0 Å². The van der Waals surface area contributed by atoms with E-state index in [0.717, 1.165) is 0 Å². The molecular weight excluding hydrogens is 223 g/mol. The summed E-state index contributed by atoms with van der Waals surface area (Å²) in [6.45, 7) is 0. The van der Waals surface area contributed by atoms with Gasteiger partial charge >= 0.3 is 0 Å². The van der Waals surface area contributed by atoms with Crippen LogP contribution in [0, 0.1) is 5.82 Å². The number of hydrazone groups is 1. The summed E-state index contributed by atoms with van der Waals surface area (Å²) in [5.41, 5.74) is 9.43. The number of carbonyl (C=O) groups excluding carboxylic acids is 1. The van der Waals surface area contributed by atoms with Crippen molar-refractivity contribution in [3.8, 4) is 0 Å². The van der Waals surface area contributed by atoms with Crippen molar-refractivity contribution < 1.29 is 9.18 Å². The highest BCUT2D eigenvalue weighted by molar-refractivity contribution is 6.43. The second-order valence-corrected chi connectivity index (χ2v) is 3.54. The van der Waals surface area contributed by atoms with E-state index in [0.29, 0.717) is 17.8 Å². The van der Waals surface area contributed by atoms with Crippen LogP contribution in [0.3, 0.4) is 0 Å². The Morgan fingerprint density at radius 3 is 2.76 bits per heavy atom. The minimum Gasteiger partial charge on any atom is -0.400 e. The van der Waals surface area contributed by atoms with Crippen LogP contribution in [0.15, 0.2) is 41.3 Å². The number of nitrogens with one attached hydrogen (secondary N) is 2. The summed E-state index contributed by atoms with van der Waals surface area (Å²) in [5, 5.41) is 6.42. The number of halogens is 1. The summed E-state index contributed by atoms with van der Waals surface area (Å²) >= 11 is 0. The van der Waals surface area contributed by atoms with Crippen molar-refractivity contribution in [2.24, 2.45) is 10.8 Å². The maximum atomic E-state index is 12.7. The van der Waals surface area contributed by atoms with E-state index in [1.54, 1.807) is 0 Å². The molecule has 0 fully saturated rings. The largest absolute Gasteiger partial charge is 0.400 e. The zero-order valence-electron chi connectivity index (χ0n) is 8.90. The standard InChI is InChI=1S/C11H11FN4O/c12-7-1-3-9(4-2-7)15-11(17)10-5-8(13)6-14-16-10/h1-4,6,14H,5,13H2,(H,15,17). The van der Waals surface area contributed by atoms with E-state index in [9.17, 15) is 9.18 Å². The molecule has 0 aromatic heterocycles. The topological polar surface area (TPSA) is 79.5 Å². The van der Waals surface area contributed by atoms with Gasteiger partial charge in [0.1, 0.15) is 11.5 Å². The van der Waals surface area contributed by atoms with Gasteiger partial charge in [0, 0.05) is 24.0 Å². The quantitative estimate of drug-likeness (QED) is 0.711. The number of allylic oxidation sites excluding steroid dienone is 1. The zero-order chi connectivity index (χ0) is 12.3. The van der Waals surface area contributed by atoms with Crippen molar-refractivity contribution in [2.75, 3.05) is 5.32 Å². The third kappa shape index (κ3) is 2.81. The number of hydrogen-bond acceptors (Lipinski definition) is 4. The fourth-order valence-electron chi connectivity index (χ4n) is 1.34. The van der Waals surface area contributed by atoms with Crippen molar-refractivity contribution in [3.05, 3.63) is 42.0 Å². The maximum absolute atomic E-state index is 12.7. The average Bonchev–Trinajstić information content (AvgIpc) is 2.32. The van der Waals surface area contributed by atoms with E-state index < -0.39 is 0 Å². The summed E-state index contributed by atoms with van der Waals surface area (Å²) in [4.78, 5) is 11.7. The van der Waals surface area contributed by atoms with Gasteiger partial charge in [-0.25, -0.2) is 4.39 Å². The molecule has 0 saturated heterocycles. The van der Waals surface area contributed by atoms with Gasteiger partial charge in [-0.05, 0) is 24.3 Å². The van der Waals surface area contributed by atoms with Gasteiger partial charge in [-0.2, -0.15) is 5.10 Å². The lowest BCUT2D eigenvalue weighted by Gasteiger charge is -2.11. The molecular formula is C11H11FN4O. The number of anilines is 1. The fraction of sp³-hybridized carbons (Fsp3) is 0.0909. The monoisotopic (exact) mass is 234 g/mol. The third-order valence-corrected chi connectivity index (χ3v) is 2.19. The molecule has 0 bridgehead atoms. The molecule has 1 amide bonds. The molecule has 1 aliphatic heterocycles. The van der Waals surface area contributed by atoms with E-state index in [-0.39, 0.29) is 17.4 Å². The van der Waals surface area contributed by atoms with Gasteiger partial charge in [0.2, 0.25) is 0 Å². The zero-order valence-corrected chi connectivity index (χ0v) is 8.90. The van der Waals surface area contributed by atoms with Crippen LogP contribution < -0.4 is 16.5 Å². The first-order valence-electron chi connectivity index (χ1n) is 4.98. The Morgan fingerprint density at radius 1 is 1.41 bits per heavy atom. The Kier molecular flexibility index (Phi) is 3.04. The molecule has 0 spiro atoms. The highest BCUT2D eigenvalue weighted by Gasteiger charge is 2.15. The summed E-state index contributed by atoms with van der Waals surface area (Å²) in [5.74, 6) is -0.716. The van der Waals surface area contributed by atoms with Gasteiger partial charge in [-0.1, -0.05) is 0 Å². The highest BCUT2D eigenvalue weighted by Crippen LogP contribution is 2.09. The smallest absolute Gasteiger partial charge is 0.272 e. The molecule has 1 aliphatic rings. The predicted molar refractivity (Wildman–Crippen MR) is 62.5 cm³/mol. The number of hydrogen-bond donors (Lipinski definition) is 3. The minimum atomic E-state index is -0.361. The van der Waals surface area contributed by atoms with Crippen LogP contribution in [0.25, 0.3) is 0 Å². The molecule has 0 unspecified atom stereocenters. The number of nitrogens with zero attached hydrogens (tertiary/aromatic N) is 1. The molecule has 0 radical (unpaired) electrons. The highest BCUT2D eigenvalue weighted by atomic mass is 19.1. The van der Waals surface area contributed by atoms with Gasteiger partial charge < -0.3 is 11.1 Å². The second-order valence-electron chi connectivity index (χ2n) is 3.54. The number of nitrogens with two attached hydrogens (primary N) is 1. The molecule has 88 valence electrons. The second kappa shape index (κ2) is 4.65. The van der Waals surface area contributed by atoms with E-state index in [2.05, 4.69) is 15.8 Å². The van der Waals surface area contributed by atoms with Gasteiger partial charge in [-0.3, -0.25) is 10.2 Å². The van der Waals surface area contributed by atoms with E-state index in [4.69, 9.17) is 5.73 Å². The minimum absolute atomic E-state index is 0.286. The fourth-order valence-corrected chi connectivity index (χ4v) is 1.34. The Bertz CT molecular complexity index is 493. The first kappa shape index (κ1) is 11.1. The first-order chi connectivity index (χ1) is 8.15. The molecule has 4 N–H and O–H groups in total. The van der Waals surface area contributed by atoms with E-state index in [1.807, 2.05) is 0 Å². The van der Waals surface area contributed by atoms with Crippen LogP contribution in [0.5, 0.6) is 0 Å². The number of carbonyl (C=O) groups is 1. The van der Waals surface area contributed by atoms with Crippen molar-refractivity contribution in [3.63, 3.8) is 0 Å². The van der Waals surface area contributed by atoms with Crippen LogP contribution in [0.2, 0.25) is 0 Å². The average molecular weight is 234 g/mol. The molecule has 17 heavy (non-hydrogen) atoms. The lowest BCUT2D eigenvalue weighted by atomic mass is 10.2. The summed E-state index contributed by atoms with van der Waals surface area (Å²) in [7, 11) is 0. The van der Waals surface area contributed by atoms with E-state index >= 15 is 0 Å². The molecule has 0 atom stereocenters. The SMILES string of the molecule is NC1=CNN=C(C(=O)Nc2ccc(F)cc2)C1. The molecule has 0 aliphatic carbocycles. The Morgan fingerprint density at radius 2 is 2.12 bits per heavy atom. The van der Waals surface area contributed by atoms with Crippen LogP contribution in [-0.4, -0.2) is 11.6 Å². The van der Waals surface area contributed by atoms with Crippen molar-refractivity contribution in [1.82, 2.24) is 5.43 Å². The number of amides is 1. The van der Waals surface area contributed by atoms with Gasteiger partial charge in [0.15, 0.2) is 0 Å². The maximum Gasteiger partial charge on any atom is 0.272 e. The predicted octanol–water partition coefficient (Wildman–Crippen LogP) is 0.914. The van der Waals surface area contributed by atoms with Gasteiger partial charge in [0.25, 0.3) is 5.91 Å². The van der Waals surface area contributed by atoms with Gasteiger partial charge in [0.05, 0.1) is 0 Å². The van der Waals surface area contributed by atoms with Crippen molar-refractivity contribution in [1.29, 1.82) is 0 Å². The number of rotatable bonds is 2. The molecule has 5 nitrogen and oxygen atoms in total. The Balaban J connectivity index is 2.02. The lowest BCUT2D eigenvalue weighted by Crippen LogP contribution is -2.29. The Hall–Kier alpha value is -2.37. The summed E-state index contributed by atoms with van der Waals surface area (Å²) < 4.78 is 12.7. The molecule has 0 saturated carbocycles. The number of benzene rings is 1. The molecule has 1 aromatic carbocycles. The third-order valence-electron chi connectivity index (χ3n) is 2.19. The van der Waals surface area contributed by atoms with Crippen LogP contribution in [-0.2, 0) is 4.79 Å². The van der Waals surface area contributed by atoms with Crippen LogP contribution in [0.4, 0.5) is 10.1 Å². The van der Waals surface area contributed by atoms with Crippen LogP contribution in [0.1, 0.15) is 6.42 Å². The molecule has 2 rings (SSSR count). The summed E-state index contributed by atoms with van der Waals surface area (Å²) in [6, 6.07) is 5.49. The molecule has 1 aromatic rings. The van der Waals surface area contributed by atoms with Crippen molar-refractivity contribution in [2.45, 2.75) is 6.42 Å². The molecule has 1 heterocycles. The lowest BCUT2D eigenvalue weighted by molar-refractivity contribution is -0.110. The van der Waals surface area contributed by atoms with Crippen molar-refractivity contribution >= 4 is 17.3 Å². The first-order valence-corrected chi connectivity index (χ1v) is 4.98. The van der Waals surface area contributed by atoms with E-state index in [1.165, 1.54) is 30.5 Å². The summed E-state index contributed by atoms with van der Waals surface area (Å²) in [6.07, 6.45) is 1.81. The normalized spacial score (nSPS) is 14.4. The Labute approximate surface area is 97.2 Å². The van der Waals surface area contributed by atoms with Crippen LogP contribution >= 0.6 is 0 Å².